The maximum Gasteiger partial charge on any atom is 0.0794 e. The summed E-state index contributed by atoms with van der Waals surface area (Å²) < 4.78 is 2.70. The number of hydrogen-bond donors (Lipinski definition) is 0. The molecule has 0 N–H and O–H groups in total. The molecule has 0 saturated carbocycles. The van der Waals surface area contributed by atoms with Crippen molar-refractivity contribution < 1.29 is 0 Å². The molecule has 0 amide bonds. The Morgan fingerprint density at radius 2 is 1.46 bits per heavy atom. The van der Waals surface area contributed by atoms with Gasteiger partial charge < -0.3 is 0 Å². The summed E-state index contributed by atoms with van der Waals surface area (Å²) >= 11 is 1.88. The Labute approximate surface area is 144 Å². The molecule has 2 heterocycles. The van der Waals surface area contributed by atoms with Gasteiger partial charge in [0.25, 0.3) is 0 Å². The predicted molar refractivity (Wildman–Crippen MR) is 105 cm³/mol. The van der Waals surface area contributed by atoms with E-state index in [1.54, 1.807) is 0 Å². The first-order chi connectivity index (χ1) is 11.8. The van der Waals surface area contributed by atoms with Crippen molar-refractivity contribution >= 4 is 42.3 Å². The van der Waals surface area contributed by atoms with E-state index in [0.717, 1.165) is 5.69 Å². The zero-order chi connectivity index (χ0) is 16.1. The lowest BCUT2D eigenvalue weighted by Crippen LogP contribution is -1.85. The van der Waals surface area contributed by atoms with Crippen LogP contribution in [0.15, 0.2) is 72.9 Å². The van der Waals surface area contributed by atoms with Crippen LogP contribution in [0.5, 0.6) is 0 Å². The van der Waals surface area contributed by atoms with Gasteiger partial charge in [0, 0.05) is 37.3 Å². The standard InChI is InChI=1S/C22H15NS/c1-14-6-4-9-17-18-10-5-11-19(22(18)24-21(14)17)20-16-8-3-2-7-15(16)12-13-23-20/h2-13H,1H3. The third-order valence-corrected chi connectivity index (χ3v) is 6.04. The van der Waals surface area contributed by atoms with E-state index in [9.17, 15) is 0 Å². The normalized spacial score (nSPS) is 11.5. The van der Waals surface area contributed by atoms with Crippen molar-refractivity contribution in [3.05, 3.63) is 78.5 Å². The lowest BCUT2D eigenvalue weighted by Gasteiger charge is -2.07. The number of aromatic nitrogens is 1. The minimum atomic E-state index is 1.07. The molecule has 0 aliphatic carbocycles. The molecule has 0 fully saturated rings. The minimum Gasteiger partial charge on any atom is -0.256 e. The highest BCUT2D eigenvalue weighted by molar-refractivity contribution is 7.26. The Bertz CT molecular complexity index is 1210. The summed E-state index contributed by atoms with van der Waals surface area (Å²) in [6.45, 7) is 2.19. The Morgan fingerprint density at radius 3 is 2.38 bits per heavy atom. The quantitative estimate of drug-likeness (QED) is 0.339. The van der Waals surface area contributed by atoms with Crippen LogP contribution in [0.1, 0.15) is 5.56 Å². The number of hydrogen-bond acceptors (Lipinski definition) is 2. The lowest BCUT2D eigenvalue weighted by molar-refractivity contribution is 1.37. The van der Waals surface area contributed by atoms with Gasteiger partial charge in [-0.3, -0.25) is 4.98 Å². The SMILES string of the molecule is Cc1cccc2c1sc1c(-c3nccc4ccccc34)cccc12. The van der Waals surface area contributed by atoms with Crippen molar-refractivity contribution in [1.29, 1.82) is 0 Å². The van der Waals surface area contributed by atoms with Gasteiger partial charge in [0.05, 0.1) is 5.69 Å². The summed E-state index contributed by atoms with van der Waals surface area (Å²) in [6, 6.07) is 23.7. The van der Waals surface area contributed by atoms with Gasteiger partial charge in [0.1, 0.15) is 0 Å². The van der Waals surface area contributed by atoms with Crippen LogP contribution in [0.3, 0.4) is 0 Å². The molecule has 5 aromatic rings. The Kier molecular flexibility index (Phi) is 2.94. The van der Waals surface area contributed by atoms with Gasteiger partial charge in [0.2, 0.25) is 0 Å². The predicted octanol–water partition coefficient (Wildman–Crippen LogP) is 6.58. The highest BCUT2D eigenvalue weighted by atomic mass is 32.1. The van der Waals surface area contributed by atoms with E-state index in [1.165, 1.54) is 42.1 Å². The van der Waals surface area contributed by atoms with E-state index >= 15 is 0 Å². The summed E-state index contributed by atoms with van der Waals surface area (Å²) in [4.78, 5) is 4.73. The smallest absolute Gasteiger partial charge is 0.0794 e. The number of rotatable bonds is 1. The van der Waals surface area contributed by atoms with Crippen molar-refractivity contribution in [2.75, 3.05) is 0 Å². The maximum atomic E-state index is 4.73. The number of aryl methyl sites for hydroxylation is 1. The van der Waals surface area contributed by atoms with E-state index in [0.29, 0.717) is 0 Å². The molecule has 2 aromatic heterocycles. The van der Waals surface area contributed by atoms with E-state index < -0.39 is 0 Å². The van der Waals surface area contributed by atoms with Crippen LogP contribution in [0, 0.1) is 6.92 Å². The molecule has 2 heteroatoms. The zero-order valence-corrected chi connectivity index (χ0v) is 14.1. The second kappa shape index (κ2) is 5.15. The Balaban J connectivity index is 1.93. The molecule has 24 heavy (non-hydrogen) atoms. The zero-order valence-electron chi connectivity index (χ0n) is 13.3. The van der Waals surface area contributed by atoms with Gasteiger partial charge in [-0.05, 0) is 23.9 Å². The van der Waals surface area contributed by atoms with E-state index in [2.05, 4.69) is 73.7 Å². The van der Waals surface area contributed by atoms with Gasteiger partial charge in [-0.2, -0.15) is 0 Å². The van der Waals surface area contributed by atoms with Crippen LogP contribution in [0.2, 0.25) is 0 Å². The second-order valence-corrected chi connectivity index (χ2v) is 7.14. The molecule has 0 bridgehead atoms. The van der Waals surface area contributed by atoms with Crippen LogP contribution in [-0.2, 0) is 0 Å². The van der Waals surface area contributed by atoms with Crippen molar-refractivity contribution in [3.8, 4) is 11.3 Å². The maximum absolute atomic E-state index is 4.73. The molecular formula is C22H15NS. The third kappa shape index (κ3) is 1.90. The second-order valence-electron chi connectivity index (χ2n) is 6.12. The van der Waals surface area contributed by atoms with Crippen molar-refractivity contribution in [3.63, 3.8) is 0 Å². The molecule has 0 aliphatic heterocycles. The fraction of sp³-hybridized carbons (Fsp3) is 0.0455. The van der Waals surface area contributed by atoms with E-state index in [1.807, 2.05) is 17.5 Å². The Hall–Kier alpha value is -2.71. The highest BCUT2D eigenvalue weighted by Crippen LogP contribution is 2.41. The summed E-state index contributed by atoms with van der Waals surface area (Å²) in [5.41, 5.74) is 3.64. The van der Waals surface area contributed by atoms with Gasteiger partial charge in [0.15, 0.2) is 0 Å². The van der Waals surface area contributed by atoms with Crippen LogP contribution < -0.4 is 0 Å². The summed E-state index contributed by atoms with van der Waals surface area (Å²) in [5, 5.41) is 5.11. The number of nitrogens with zero attached hydrogens (tertiary/aromatic N) is 1. The van der Waals surface area contributed by atoms with Crippen molar-refractivity contribution in [1.82, 2.24) is 4.98 Å². The van der Waals surface area contributed by atoms with E-state index in [-0.39, 0.29) is 0 Å². The number of benzene rings is 3. The molecule has 5 rings (SSSR count). The number of fused-ring (bicyclic) bond motifs is 4. The Morgan fingerprint density at radius 1 is 0.708 bits per heavy atom. The molecule has 0 unspecified atom stereocenters. The van der Waals surface area contributed by atoms with Crippen LogP contribution in [-0.4, -0.2) is 4.98 Å². The summed E-state index contributed by atoms with van der Waals surface area (Å²) in [6.07, 6.45) is 1.91. The molecule has 3 aromatic carbocycles. The topological polar surface area (TPSA) is 12.9 Å². The first-order valence-electron chi connectivity index (χ1n) is 8.08. The van der Waals surface area contributed by atoms with Crippen molar-refractivity contribution in [2.45, 2.75) is 6.92 Å². The van der Waals surface area contributed by atoms with Crippen LogP contribution >= 0.6 is 11.3 Å². The third-order valence-electron chi connectivity index (χ3n) is 4.65. The van der Waals surface area contributed by atoms with Gasteiger partial charge in [-0.25, -0.2) is 0 Å². The monoisotopic (exact) mass is 325 g/mol. The fourth-order valence-electron chi connectivity index (χ4n) is 3.48. The molecule has 0 aliphatic rings. The average molecular weight is 325 g/mol. The molecule has 0 atom stereocenters. The molecule has 0 saturated heterocycles. The molecule has 0 spiro atoms. The minimum absolute atomic E-state index is 1.07. The molecular weight excluding hydrogens is 310 g/mol. The average Bonchev–Trinajstić information content (AvgIpc) is 3.02. The van der Waals surface area contributed by atoms with Gasteiger partial charge >= 0.3 is 0 Å². The summed E-state index contributed by atoms with van der Waals surface area (Å²) in [5.74, 6) is 0. The lowest BCUT2D eigenvalue weighted by atomic mass is 10.0. The molecule has 0 radical (unpaired) electrons. The number of thiophene rings is 1. The first kappa shape index (κ1) is 13.7. The first-order valence-corrected chi connectivity index (χ1v) is 8.89. The van der Waals surface area contributed by atoms with E-state index in [4.69, 9.17) is 4.98 Å². The van der Waals surface area contributed by atoms with Crippen molar-refractivity contribution in [2.24, 2.45) is 0 Å². The fourth-order valence-corrected chi connectivity index (χ4v) is 4.77. The van der Waals surface area contributed by atoms with Gasteiger partial charge in [-0.15, -0.1) is 11.3 Å². The number of pyridine rings is 1. The van der Waals surface area contributed by atoms with Crippen LogP contribution in [0.25, 0.3) is 42.2 Å². The molecule has 114 valence electrons. The highest BCUT2D eigenvalue weighted by Gasteiger charge is 2.13. The largest absolute Gasteiger partial charge is 0.256 e. The summed E-state index contributed by atoms with van der Waals surface area (Å²) in [7, 11) is 0. The van der Waals surface area contributed by atoms with Gasteiger partial charge in [-0.1, -0.05) is 60.7 Å². The molecule has 1 nitrogen and oxygen atoms in total. The van der Waals surface area contributed by atoms with Crippen LogP contribution in [0.4, 0.5) is 0 Å².